The van der Waals surface area contributed by atoms with Crippen molar-refractivity contribution < 1.29 is 4.79 Å². The highest BCUT2D eigenvalue weighted by Gasteiger charge is 2.16. The van der Waals surface area contributed by atoms with Crippen LogP contribution < -0.4 is 11.1 Å². The molecule has 6 heteroatoms. The van der Waals surface area contributed by atoms with E-state index in [4.69, 9.17) is 17.3 Å². The number of nitrogens with one attached hydrogen (secondary N) is 1. The van der Waals surface area contributed by atoms with E-state index in [9.17, 15) is 4.79 Å². The highest BCUT2D eigenvalue weighted by molar-refractivity contribution is 6.33. The molecule has 1 heterocycles. The zero-order valence-electron chi connectivity index (χ0n) is 12.1. The molecule has 1 amide bonds. The van der Waals surface area contributed by atoms with Crippen LogP contribution in [-0.4, -0.2) is 21.7 Å². The lowest BCUT2D eigenvalue weighted by Gasteiger charge is -2.17. The van der Waals surface area contributed by atoms with Gasteiger partial charge in [-0.3, -0.25) is 4.79 Å². The lowest BCUT2D eigenvalue weighted by atomic mass is 10.0. The van der Waals surface area contributed by atoms with Gasteiger partial charge in [-0.15, -0.1) is 0 Å². The number of aromatic nitrogens is 2. The number of hydrogen-bond acceptors (Lipinski definition) is 3. The van der Waals surface area contributed by atoms with E-state index in [2.05, 4.69) is 10.4 Å². The summed E-state index contributed by atoms with van der Waals surface area (Å²) in [5.74, 6) is 0.118. The Kier molecular flexibility index (Phi) is 4.98. The molecule has 5 nitrogen and oxygen atoms in total. The molecule has 1 aromatic heterocycles. The second-order valence-electron chi connectivity index (χ2n) is 5.25. The largest absolute Gasteiger partial charge is 0.327 e. The lowest BCUT2D eigenvalue weighted by Crippen LogP contribution is -2.31. The zero-order chi connectivity index (χ0) is 15.4. The first-order valence-electron chi connectivity index (χ1n) is 6.83. The van der Waals surface area contributed by atoms with Crippen molar-refractivity contribution in [1.29, 1.82) is 0 Å². The number of nitrogens with zero attached hydrogens (tertiary/aromatic N) is 2. The number of carbonyl (C=O) groups excluding carboxylic acids is 1. The molecule has 21 heavy (non-hydrogen) atoms. The van der Waals surface area contributed by atoms with E-state index in [0.29, 0.717) is 16.4 Å². The van der Waals surface area contributed by atoms with Crippen LogP contribution in [0.25, 0.3) is 5.69 Å². The minimum Gasteiger partial charge on any atom is -0.327 e. The third-order valence-electron chi connectivity index (χ3n) is 3.27. The minimum absolute atomic E-state index is 0.133. The Balaban J connectivity index is 2.21. The molecular weight excluding hydrogens is 288 g/mol. The second kappa shape index (κ2) is 6.74. The summed E-state index contributed by atoms with van der Waals surface area (Å²) in [6.45, 7) is 3.99. The van der Waals surface area contributed by atoms with Crippen molar-refractivity contribution in [3.05, 3.63) is 41.7 Å². The summed E-state index contributed by atoms with van der Waals surface area (Å²) in [6.07, 6.45) is 3.70. The molecule has 0 saturated heterocycles. The van der Waals surface area contributed by atoms with Crippen molar-refractivity contribution >= 4 is 23.2 Å². The second-order valence-corrected chi connectivity index (χ2v) is 5.65. The monoisotopic (exact) mass is 306 g/mol. The van der Waals surface area contributed by atoms with Crippen LogP contribution in [0.3, 0.4) is 0 Å². The first-order valence-corrected chi connectivity index (χ1v) is 7.20. The van der Waals surface area contributed by atoms with E-state index >= 15 is 0 Å². The topological polar surface area (TPSA) is 72.9 Å². The molecule has 0 fully saturated rings. The summed E-state index contributed by atoms with van der Waals surface area (Å²) in [4.78, 5) is 12.1. The van der Waals surface area contributed by atoms with Crippen molar-refractivity contribution in [2.24, 2.45) is 11.7 Å². The first-order chi connectivity index (χ1) is 9.99. The molecule has 0 aliphatic heterocycles. The van der Waals surface area contributed by atoms with Crippen molar-refractivity contribution in [2.45, 2.75) is 26.3 Å². The minimum atomic E-state index is -0.169. The molecule has 2 rings (SSSR count). The van der Waals surface area contributed by atoms with Crippen LogP contribution in [0.15, 0.2) is 36.7 Å². The Morgan fingerprint density at radius 3 is 2.81 bits per heavy atom. The maximum atomic E-state index is 12.1. The van der Waals surface area contributed by atoms with E-state index in [0.717, 1.165) is 0 Å². The van der Waals surface area contributed by atoms with Crippen molar-refractivity contribution in [3.63, 3.8) is 0 Å². The standard InChI is InChI=1S/C15H19ClN4O/c1-10(2)12(17)9-14(21)19-13-6-3-5-11(16)15(13)20-8-4-7-18-20/h3-8,10,12H,9,17H2,1-2H3,(H,19,21). The molecule has 0 aliphatic rings. The van der Waals surface area contributed by atoms with Crippen LogP contribution in [0.4, 0.5) is 5.69 Å². The van der Waals surface area contributed by atoms with Crippen LogP contribution in [0.5, 0.6) is 0 Å². The smallest absolute Gasteiger partial charge is 0.226 e. The number of halogens is 1. The van der Waals surface area contributed by atoms with E-state index in [1.165, 1.54) is 0 Å². The quantitative estimate of drug-likeness (QED) is 0.892. The summed E-state index contributed by atoms with van der Waals surface area (Å²) in [7, 11) is 0. The number of amides is 1. The van der Waals surface area contributed by atoms with Crippen LogP contribution in [0.2, 0.25) is 5.02 Å². The van der Waals surface area contributed by atoms with Crippen molar-refractivity contribution in [2.75, 3.05) is 5.32 Å². The van der Waals surface area contributed by atoms with Gasteiger partial charge >= 0.3 is 0 Å². The number of rotatable bonds is 5. The normalized spacial score (nSPS) is 12.4. The van der Waals surface area contributed by atoms with Gasteiger partial charge in [0.1, 0.15) is 5.69 Å². The average molecular weight is 307 g/mol. The van der Waals surface area contributed by atoms with Crippen LogP contribution in [0, 0.1) is 5.92 Å². The van der Waals surface area contributed by atoms with Gasteiger partial charge in [0.05, 0.1) is 10.7 Å². The van der Waals surface area contributed by atoms with Gasteiger partial charge in [0.2, 0.25) is 5.91 Å². The fraction of sp³-hybridized carbons (Fsp3) is 0.333. The van der Waals surface area contributed by atoms with Gasteiger partial charge in [-0.2, -0.15) is 5.10 Å². The Morgan fingerprint density at radius 2 is 2.19 bits per heavy atom. The highest BCUT2D eigenvalue weighted by Crippen LogP contribution is 2.28. The Hall–Kier alpha value is -1.85. The summed E-state index contributed by atoms with van der Waals surface area (Å²) in [6, 6.07) is 6.96. The molecule has 2 aromatic rings. The third kappa shape index (κ3) is 3.83. The molecule has 1 aromatic carbocycles. The van der Waals surface area contributed by atoms with Crippen LogP contribution >= 0.6 is 11.6 Å². The molecule has 3 N–H and O–H groups in total. The Morgan fingerprint density at radius 1 is 1.43 bits per heavy atom. The van der Waals surface area contributed by atoms with E-state index in [1.54, 1.807) is 41.3 Å². The summed E-state index contributed by atoms with van der Waals surface area (Å²) in [5, 5.41) is 7.54. The zero-order valence-corrected chi connectivity index (χ0v) is 12.8. The van der Waals surface area contributed by atoms with Crippen molar-refractivity contribution in [1.82, 2.24) is 9.78 Å². The molecular formula is C15H19ClN4O. The van der Waals surface area contributed by atoms with Gasteiger partial charge < -0.3 is 11.1 Å². The highest BCUT2D eigenvalue weighted by atomic mass is 35.5. The molecule has 112 valence electrons. The van der Waals surface area contributed by atoms with Gasteiger partial charge in [0, 0.05) is 24.9 Å². The summed E-state index contributed by atoms with van der Waals surface area (Å²) < 4.78 is 1.63. The van der Waals surface area contributed by atoms with Crippen molar-refractivity contribution in [3.8, 4) is 5.69 Å². The van der Waals surface area contributed by atoms with Gasteiger partial charge in [-0.25, -0.2) is 4.68 Å². The molecule has 1 atom stereocenters. The lowest BCUT2D eigenvalue weighted by molar-refractivity contribution is -0.116. The first kappa shape index (κ1) is 15.5. The third-order valence-corrected chi connectivity index (χ3v) is 3.58. The average Bonchev–Trinajstić information content (AvgIpc) is 2.92. The molecule has 0 spiro atoms. The molecule has 0 radical (unpaired) electrons. The number of nitrogens with two attached hydrogens (primary N) is 1. The fourth-order valence-electron chi connectivity index (χ4n) is 1.90. The predicted octanol–water partition coefficient (Wildman–Crippen LogP) is 2.84. The Labute approximate surface area is 129 Å². The summed E-state index contributed by atoms with van der Waals surface area (Å²) in [5.41, 5.74) is 7.20. The van der Waals surface area contributed by atoms with Crippen LogP contribution in [-0.2, 0) is 4.79 Å². The number of hydrogen-bond donors (Lipinski definition) is 2. The number of carbonyl (C=O) groups is 1. The van der Waals surface area contributed by atoms with Gasteiger partial charge in [-0.05, 0) is 24.1 Å². The number of anilines is 1. The van der Waals surface area contributed by atoms with E-state index < -0.39 is 0 Å². The Bertz CT molecular complexity index is 610. The molecule has 1 unspecified atom stereocenters. The van der Waals surface area contributed by atoms with E-state index in [1.807, 2.05) is 13.8 Å². The molecule has 0 bridgehead atoms. The SMILES string of the molecule is CC(C)C(N)CC(=O)Nc1cccc(Cl)c1-n1cccn1. The van der Waals surface area contributed by atoms with E-state index in [-0.39, 0.29) is 24.3 Å². The van der Waals surface area contributed by atoms with Crippen LogP contribution in [0.1, 0.15) is 20.3 Å². The maximum absolute atomic E-state index is 12.1. The number of para-hydroxylation sites is 1. The summed E-state index contributed by atoms with van der Waals surface area (Å²) >= 11 is 6.22. The van der Waals surface area contributed by atoms with Gasteiger partial charge in [-0.1, -0.05) is 31.5 Å². The molecule has 0 aliphatic carbocycles. The number of benzene rings is 1. The fourth-order valence-corrected chi connectivity index (χ4v) is 2.16. The van der Waals surface area contributed by atoms with Gasteiger partial charge in [0.15, 0.2) is 0 Å². The maximum Gasteiger partial charge on any atom is 0.226 e. The molecule has 0 saturated carbocycles. The predicted molar refractivity (Wildman–Crippen MR) is 84.6 cm³/mol. The van der Waals surface area contributed by atoms with Gasteiger partial charge in [0.25, 0.3) is 0 Å².